The van der Waals surface area contributed by atoms with Crippen molar-refractivity contribution in [3.63, 3.8) is 0 Å². The average Bonchev–Trinajstić information content (AvgIpc) is 3.03. The lowest BCUT2D eigenvalue weighted by Crippen LogP contribution is -2.34. The van der Waals surface area contributed by atoms with Crippen LogP contribution in [0.5, 0.6) is 11.5 Å². The Morgan fingerprint density at radius 3 is 2.00 bits per heavy atom. The lowest BCUT2D eigenvalue weighted by molar-refractivity contribution is 0.163. The number of rotatable bonds is 7. The van der Waals surface area contributed by atoms with Gasteiger partial charge in [-0.05, 0) is 83.1 Å². The fraction of sp³-hybridized carbons (Fsp3) is 0.176. The lowest BCUT2D eigenvalue weighted by atomic mass is 10.0. The van der Waals surface area contributed by atoms with E-state index < -0.39 is 0 Å². The first-order chi connectivity index (χ1) is 20.5. The molecule has 0 radical (unpaired) electrons. The monoisotopic (exact) mass is 585 g/mol. The van der Waals surface area contributed by atoms with Crippen LogP contribution in [0.25, 0.3) is 22.3 Å². The maximum Gasteiger partial charge on any atom is 0.164 e. The van der Waals surface area contributed by atoms with Crippen LogP contribution in [0.3, 0.4) is 0 Å². The normalized spacial score (nSPS) is 13.8. The predicted molar refractivity (Wildman–Crippen MR) is 161 cm³/mol. The molecule has 0 saturated carbocycles. The van der Waals surface area contributed by atoms with Gasteiger partial charge in [0, 0.05) is 54.9 Å². The Labute approximate surface area is 248 Å². The van der Waals surface area contributed by atoms with Gasteiger partial charge in [-0.25, -0.2) is 8.78 Å². The van der Waals surface area contributed by atoms with E-state index in [9.17, 15) is 13.9 Å². The summed E-state index contributed by atoms with van der Waals surface area (Å²) < 4.78 is 31.7. The number of nitrogens with one attached hydrogen (secondary N) is 1. The number of hydrogen-bond donors (Lipinski definition) is 2. The zero-order chi connectivity index (χ0) is 29.3. The van der Waals surface area contributed by atoms with Crippen LogP contribution in [0.1, 0.15) is 23.1 Å². The number of halogens is 3. The third-order valence-electron chi connectivity index (χ3n) is 6.90. The molecule has 1 aliphatic heterocycles. The molecule has 5 aromatic rings. The van der Waals surface area contributed by atoms with Gasteiger partial charge in [0.25, 0.3) is 0 Å². The van der Waals surface area contributed by atoms with Crippen molar-refractivity contribution in [3.8, 4) is 33.8 Å². The van der Waals surface area contributed by atoms with E-state index in [4.69, 9.17) is 16.3 Å². The molecule has 2 N–H and O–H groups in total. The Kier molecular flexibility index (Phi) is 9.74. The maximum absolute atomic E-state index is 13.1. The van der Waals surface area contributed by atoms with Crippen LogP contribution in [0.2, 0.25) is 0 Å². The van der Waals surface area contributed by atoms with Gasteiger partial charge in [-0.3, -0.25) is 9.97 Å². The fourth-order valence-corrected chi connectivity index (χ4v) is 4.86. The van der Waals surface area contributed by atoms with Crippen molar-refractivity contribution in [2.45, 2.75) is 31.4 Å². The second-order valence-corrected chi connectivity index (χ2v) is 10.3. The molecule has 0 amide bonds. The van der Waals surface area contributed by atoms with E-state index in [1.807, 2.05) is 24.4 Å². The fourth-order valence-electron chi connectivity index (χ4n) is 4.71. The average molecular weight is 586 g/mol. The Balaban J connectivity index is 0.000000199. The minimum atomic E-state index is -0.246. The van der Waals surface area contributed by atoms with Crippen LogP contribution < -0.4 is 10.1 Å². The van der Waals surface area contributed by atoms with Crippen molar-refractivity contribution >= 4 is 11.6 Å². The number of hydrogen-bond acceptors (Lipinski definition) is 5. The second kappa shape index (κ2) is 14.0. The van der Waals surface area contributed by atoms with Crippen LogP contribution in [0.15, 0.2) is 104 Å². The number of phenolic OH excluding ortho intramolecular Hbond substituents is 1. The highest BCUT2D eigenvalue weighted by atomic mass is 35.5. The molecule has 0 fully saturated rings. The molecule has 0 bridgehead atoms. The minimum absolute atomic E-state index is 0.0269. The second-order valence-electron chi connectivity index (χ2n) is 9.99. The maximum atomic E-state index is 13.1. The zero-order valence-corrected chi connectivity index (χ0v) is 23.6. The van der Waals surface area contributed by atoms with E-state index in [1.165, 1.54) is 24.3 Å². The molecule has 0 spiro atoms. The molecule has 5 nitrogen and oxygen atoms in total. The van der Waals surface area contributed by atoms with Gasteiger partial charge in [0.1, 0.15) is 17.7 Å². The summed E-state index contributed by atoms with van der Waals surface area (Å²) in [5, 5.41) is 13.4. The number of alkyl halides is 1. The number of phenols is 1. The molecule has 1 atom stereocenters. The molecular formula is C34H30ClF2N3O2. The zero-order valence-electron chi connectivity index (χ0n) is 22.8. The molecule has 6 rings (SSSR count). The number of aromatic hydroxyl groups is 1. The summed E-state index contributed by atoms with van der Waals surface area (Å²) in [5.74, 6) is 0.760. The molecular weight excluding hydrogens is 556 g/mol. The first-order valence-corrected chi connectivity index (χ1v) is 14.2. The van der Waals surface area contributed by atoms with Crippen LogP contribution in [-0.2, 0) is 18.8 Å². The van der Waals surface area contributed by atoms with Crippen molar-refractivity contribution in [3.05, 3.63) is 132 Å². The van der Waals surface area contributed by atoms with E-state index in [0.29, 0.717) is 24.7 Å². The standard InChI is InChI=1S/C22H21FN2O2.C12H9ClFN/c23-19-7-4-16(5-8-19)18-10-15(11-24-13-18)12-25-14-20-9-6-17-2-1-3-21(26)22(17)27-20;13-6-9-5-11(8-15-7-9)10-1-3-12(14)4-2-10/h1-5,7-8,10-11,13,20,25-26H,6,9,12,14H2;1-5,7-8H,6H2. The van der Waals surface area contributed by atoms with E-state index in [0.717, 1.165) is 51.8 Å². The Morgan fingerprint density at radius 1 is 0.786 bits per heavy atom. The van der Waals surface area contributed by atoms with Crippen LogP contribution in [0.4, 0.5) is 8.78 Å². The molecule has 8 heteroatoms. The third kappa shape index (κ3) is 7.69. The van der Waals surface area contributed by atoms with Gasteiger partial charge >= 0.3 is 0 Å². The van der Waals surface area contributed by atoms with Crippen LogP contribution >= 0.6 is 11.6 Å². The van der Waals surface area contributed by atoms with Crippen molar-refractivity contribution in [1.82, 2.24) is 15.3 Å². The van der Waals surface area contributed by atoms with Crippen LogP contribution in [-0.4, -0.2) is 27.7 Å². The van der Waals surface area contributed by atoms with Crippen molar-refractivity contribution in [1.29, 1.82) is 0 Å². The number of aromatic nitrogens is 2. The van der Waals surface area contributed by atoms with Gasteiger partial charge in [-0.2, -0.15) is 0 Å². The van der Waals surface area contributed by atoms with Gasteiger partial charge in [0.15, 0.2) is 11.5 Å². The summed E-state index contributed by atoms with van der Waals surface area (Å²) in [6, 6.07) is 22.2. The SMILES string of the molecule is Fc1ccc(-c2cncc(CCl)c2)cc1.Oc1cccc2c1OC(CNCc1cncc(-c3ccc(F)cc3)c1)CC2. The van der Waals surface area contributed by atoms with Crippen molar-refractivity contribution in [2.75, 3.05) is 6.54 Å². The minimum Gasteiger partial charge on any atom is -0.504 e. The predicted octanol–water partition coefficient (Wildman–Crippen LogP) is 7.70. The first kappa shape index (κ1) is 29.2. The molecule has 214 valence electrons. The molecule has 42 heavy (non-hydrogen) atoms. The third-order valence-corrected chi connectivity index (χ3v) is 7.20. The summed E-state index contributed by atoms with van der Waals surface area (Å²) in [5.41, 5.74) is 6.86. The number of aryl methyl sites for hydroxylation is 1. The molecule has 0 saturated heterocycles. The highest BCUT2D eigenvalue weighted by Gasteiger charge is 2.21. The van der Waals surface area contributed by atoms with E-state index >= 15 is 0 Å². The summed E-state index contributed by atoms with van der Waals surface area (Å²) in [7, 11) is 0. The number of ether oxygens (including phenoxy) is 1. The van der Waals surface area contributed by atoms with Crippen LogP contribution in [0, 0.1) is 11.6 Å². The Morgan fingerprint density at radius 2 is 1.38 bits per heavy atom. The molecule has 3 heterocycles. The number of para-hydroxylation sites is 1. The van der Waals surface area contributed by atoms with E-state index in [1.54, 1.807) is 48.9 Å². The number of nitrogens with zero attached hydrogens (tertiary/aromatic N) is 2. The van der Waals surface area contributed by atoms with Gasteiger partial charge in [0.2, 0.25) is 0 Å². The Bertz CT molecular complexity index is 1610. The topological polar surface area (TPSA) is 67.3 Å². The number of pyridine rings is 2. The van der Waals surface area contributed by atoms with Gasteiger partial charge in [-0.15, -0.1) is 11.6 Å². The van der Waals surface area contributed by atoms with Gasteiger partial charge in [0.05, 0.1) is 0 Å². The van der Waals surface area contributed by atoms with Crippen molar-refractivity contribution in [2.24, 2.45) is 0 Å². The molecule has 2 aromatic heterocycles. The van der Waals surface area contributed by atoms with E-state index in [2.05, 4.69) is 21.4 Å². The van der Waals surface area contributed by atoms with E-state index in [-0.39, 0.29) is 23.5 Å². The first-order valence-electron chi connectivity index (χ1n) is 13.6. The molecule has 3 aromatic carbocycles. The number of fused-ring (bicyclic) bond motifs is 1. The summed E-state index contributed by atoms with van der Waals surface area (Å²) >= 11 is 5.71. The smallest absolute Gasteiger partial charge is 0.164 e. The van der Waals surface area contributed by atoms with Gasteiger partial charge in [-0.1, -0.05) is 36.4 Å². The lowest BCUT2D eigenvalue weighted by Gasteiger charge is -2.26. The molecule has 0 aliphatic carbocycles. The summed E-state index contributed by atoms with van der Waals surface area (Å²) in [6.45, 7) is 1.35. The van der Waals surface area contributed by atoms with Gasteiger partial charge < -0.3 is 15.2 Å². The highest BCUT2D eigenvalue weighted by Crippen LogP contribution is 2.35. The highest BCUT2D eigenvalue weighted by molar-refractivity contribution is 6.17. The summed E-state index contributed by atoms with van der Waals surface area (Å²) in [6.07, 6.45) is 8.90. The molecule has 1 unspecified atom stereocenters. The largest absolute Gasteiger partial charge is 0.504 e. The molecule has 1 aliphatic rings. The Hall–Kier alpha value is -4.33. The van der Waals surface area contributed by atoms with Crippen molar-refractivity contribution < 1.29 is 18.6 Å². The number of benzene rings is 3. The summed E-state index contributed by atoms with van der Waals surface area (Å²) in [4.78, 5) is 8.37. The quantitative estimate of drug-likeness (QED) is 0.192.